The summed E-state index contributed by atoms with van der Waals surface area (Å²) in [7, 11) is 0. The number of rotatable bonds is 5. The van der Waals surface area contributed by atoms with Gasteiger partial charge in [0.2, 0.25) is 11.8 Å². The molecule has 4 heteroatoms. The first-order valence-electron chi connectivity index (χ1n) is 11.1. The lowest BCUT2D eigenvalue weighted by atomic mass is 9.68. The predicted molar refractivity (Wildman–Crippen MR) is 125 cm³/mol. The van der Waals surface area contributed by atoms with E-state index in [4.69, 9.17) is 4.74 Å². The zero-order valence-corrected chi connectivity index (χ0v) is 17.9. The minimum absolute atomic E-state index is 0.151. The molecule has 2 aliphatic rings. The van der Waals surface area contributed by atoms with Crippen LogP contribution in [0.25, 0.3) is 0 Å². The average Bonchev–Trinajstić information content (AvgIpc) is 3.11. The molecule has 1 aliphatic heterocycles. The third kappa shape index (κ3) is 3.32. The van der Waals surface area contributed by atoms with Gasteiger partial charge in [-0.15, -0.1) is 0 Å². The standard InChI is InChI=1S/C28H25NO3/c1-2-32-24-16-10-9-15-23(24)29-27(30)25-21(19-11-5-3-6-12-19)17-18-22(26(25)28(29)31)20-13-7-4-8-14-20/h3-18,21-22,25-26H,2H2,1H3/t21-,22-,25+,26+/m1/s1. The Morgan fingerprint density at radius 3 is 1.66 bits per heavy atom. The van der Waals surface area contributed by atoms with Crippen molar-refractivity contribution in [2.75, 3.05) is 11.5 Å². The van der Waals surface area contributed by atoms with Crippen molar-refractivity contribution in [2.45, 2.75) is 18.8 Å². The molecule has 0 N–H and O–H groups in total. The summed E-state index contributed by atoms with van der Waals surface area (Å²) in [5.74, 6) is -0.998. The molecule has 3 aromatic rings. The number of amides is 2. The zero-order chi connectivity index (χ0) is 22.1. The van der Waals surface area contributed by atoms with Gasteiger partial charge in [-0.1, -0.05) is 84.9 Å². The van der Waals surface area contributed by atoms with Crippen molar-refractivity contribution in [3.8, 4) is 5.75 Å². The molecule has 0 aromatic heterocycles. The van der Waals surface area contributed by atoms with E-state index in [1.165, 1.54) is 4.90 Å². The minimum Gasteiger partial charge on any atom is -0.492 e. The molecule has 4 atom stereocenters. The third-order valence-electron chi connectivity index (χ3n) is 6.47. The number of carbonyl (C=O) groups is 2. The molecule has 160 valence electrons. The van der Waals surface area contributed by atoms with E-state index in [1.54, 1.807) is 6.07 Å². The van der Waals surface area contributed by atoms with Gasteiger partial charge >= 0.3 is 0 Å². The van der Waals surface area contributed by atoms with Gasteiger partial charge < -0.3 is 4.74 Å². The predicted octanol–water partition coefficient (Wildman–Crippen LogP) is 5.33. The molecule has 3 aromatic carbocycles. The first kappa shape index (κ1) is 20.3. The van der Waals surface area contributed by atoms with Crippen molar-refractivity contribution in [2.24, 2.45) is 11.8 Å². The number of anilines is 1. The highest BCUT2D eigenvalue weighted by molar-refractivity contribution is 6.23. The first-order valence-corrected chi connectivity index (χ1v) is 11.1. The van der Waals surface area contributed by atoms with Crippen LogP contribution in [0.5, 0.6) is 5.75 Å². The smallest absolute Gasteiger partial charge is 0.238 e. The molecule has 0 unspecified atom stereocenters. The van der Waals surface area contributed by atoms with Crippen molar-refractivity contribution < 1.29 is 14.3 Å². The maximum Gasteiger partial charge on any atom is 0.238 e. The lowest BCUT2D eigenvalue weighted by Gasteiger charge is -2.32. The summed E-state index contributed by atoms with van der Waals surface area (Å²) in [5, 5.41) is 0. The number of benzene rings is 3. The SMILES string of the molecule is CCOc1ccccc1N1C(=O)[C@@H]2[C@@H](C1=O)[C@@H](c1ccccc1)C=C[C@@H]2c1ccccc1. The number of nitrogens with zero attached hydrogens (tertiary/aromatic N) is 1. The van der Waals surface area contributed by atoms with E-state index in [-0.39, 0.29) is 23.7 Å². The highest BCUT2D eigenvalue weighted by atomic mass is 16.5. The summed E-state index contributed by atoms with van der Waals surface area (Å²) in [6.07, 6.45) is 4.22. The summed E-state index contributed by atoms with van der Waals surface area (Å²) in [6, 6.07) is 27.3. The fourth-order valence-corrected chi connectivity index (χ4v) is 5.09. The molecule has 0 bridgehead atoms. The number of carbonyl (C=O) groups excluding carboxylic acids is 2. The molecular weight excluding hydrogens is 398 g/mol. The lowest BCUT2D eigenvalue weighted by Crippen LogP contribution is -2.32. The van der Waals surface area contributed by atoms with Gasteiger partial charge in [0, 0.05) is 11.8 Å². The lowest BCUT2D eigenvalue weighted by molar-refractivity contribution is -0.122. The van der Waals surface area contributed by atoms with Crippen LogP contribution in [0.4, 0.5) is 5.69 Å². The quantitative estimate of drug-likeness (QED) is 0.412. The molecule has 5 rings (SSSR count). The summed E-state index contributed by atoms with van der Waals surface area (Å²) in [5.41, 5.74) is 2.62. The number of fused-ring (bicyclic) bond motifs is 1. The number of allylic oxidation sites excluding steroid dienone is 2. The van der Waals surface area contributed by atoms with Crippen molar-refractivity contribution >= 4 is 17.5 Å². The average molecular weight is 424 g/mol. The second-order valence-corrected chi connectivity index (χ2v) is 8.22. The van der Waals surface area contributed by atoms with Gasteiger partial charge in [-0.05, 0) is 30.2 Å². The molecule has 1 fully saturated rings. The van der Waals surface area contributed by atoms with Crippen LogP contribution in [0, 0.1) is 11.8 Å². The van der Waals surface area contributed by atoms with Crippen molar-refractivity contribution in [1.29, 1.82) is 0 Å². The molecule has 2 amide bonds. The normalized spacial score (nSPS) is 24.5. The molecule has 32 heavy (non-hydrogen) atoms. The van der Waals surface area contributed by atoms with E-state index < -0.39 is 11.8 Å². The fourth-order valence-electron chi connectivity index (χ4n) is 5.09. The van der Waals surface area contributed by atoms with E-state index >= 15 is 0 Å². The largest absolute Gasteiger partial charge is 0.492 e. The fraction of sp³-hybridized carbons (Fsp3) is 0.214. The summed E-state index contributed by atoms with van der Waals surface area (Å²) < 4.78 is 5.76. The van der Waals surface area contributed by atoms with Crippen molar-refractivity contribution in [3.05, 3.63) is 108 Å². The van der Waals surface area contributed by atoms with Crippen LogP contribution in [0.2, 0.25) is 0 Å². The Bertz CT molecular complexity index is 1090. The summed E-state index contributed by atoms with van der Waals surface area (Å²) >= 11 is 0. The van der Waals surface area contributed by atoms with E-state index in [1.807, 2.05) is 85.8 Å². The van der Waals surface area contributed by atoms with Gasteiger partial charge in [-0.2, -0.15) is 0 Å². The maximum absolute atomic E-state index is 13.9. The van der Waals surface area contributed by atoms with E-state index in [9.17, 15) is 9.59 Å². The highest BCUT2D eigenvalue weighted by Crippen LogP contribution is 2.51. The number of imide groups is 1. The Labute approximate surface area is 188 Å². The number of para-hydroxylation sites is 2. The first-order chi connectivity index (χ1) is 15.7. The third-order valence-corrected chi connectivity index (χ3v) is 6.47. The van der Waals surface area contributed by atoms with Crippen LogP contribution in [0.1, 0.15) is 29.9 Å². The molecule has 4 nitrogen and oxygen atoms in total. The van der Waals surface area contributed by atoms with E-state index in [0.717, 1.165) is 11.1 Å². The second kappa shape index (κ2) is 8.46. The molecule has 1 saturated heterocycles. The Balaban J connectivity index is 1.63. The Kier molecular flexibility index (Phi) is 5.36. The monoisotopic (exact) mass is 423 g/mol. The molecule has 0 saturated carbocycles. The molecule has 1 heterocycles. The summed E-state index contributed by atoms with van der Waals surface area (Å²) in [6.45, 7) is 2.35. The van der Waals surface area contributed by atoms with Gasteiger partial charge in [0.15, 0.2) is 0 Å². The Morgan fingerprint density at radius 2 is 1.16 bits per heavy atom. The topological polar surface area (TPSA) is 46.6 Å². The molecule has 0 spiro atoms. The molecule has 0 radical (unpaired) electrons. The van der Waals surface area contributed by atoms with Crippen molar-refractivity contribution in [3.63, 3.8) is 0 Å². The van der Waals surface area contributed by atoms with Crippen LogP contribution in [-0.4, -0.2) is 18.4 Å². The van der Waals surface area contributed by atoms with Gasteiger partial charge in [0.25, 0.3) is 0 Å². The van der Waals surface area contributed by atoms with Gasteiger partial charge in [-0.25, -0.2) is 4.90 Å². The van der Waals surface area contributed by atoms with Crippen LogP contribution >= 0.6 is 0 Å². The molecule has 1 aliphatic carbocycles. The second-order valence-electron chi connectivity index (χ2n) is 8.22. The number of ether oxygens (including phenoxy) is 1. The number of hydrogen-bond acceptors (Lipinski definition) is 3. The highest BCUT2D eigenvalue weighted by Gasteiger charge is 2.55. The number of hydrogen-bond donors (Lipinski definition) is 0. The van der Waals surface area contributed by atoms with E-state index in [2.05, 4.69) is 12.2 Å². The summed E-state index contributed by atoms with van der Waals surface area (Å²) in [4.78, 5) is 29.1. The maximum atomic E-state index is 13.9. The zero-order valence-electron chi connectivity index (χ0n) is 17.9. The molecular formula is C28H25NO3. The Hall–Kier alpha value is -3.66. The van der Waals surface area contributed by atoms with Gasteiger partial charge in [-0.3, -0.25) is 9.59 Å². The minimum atomic E-state index is -0.463. The van der Waals surface area contributed by atoms with Crippen LogP contribution in [0.15, 0.2) is 97.1 Å². The van der Waals surface area contributed by atoms with E-state index in [0.29, 0.717) is 18.0 Å². The van der Waals surface area contributed by atoms with Crippen molar-refractivity contribution in [1.82, 2.24) is 0 Å². The Morgan fingerprint density at radius 1 is 0.688 bits per heavy atom. The van der Waals surface area contributed by atoms with Gasteiger partial charge in [0.05, 0.1) is 24.1 Å². The van der Waals surface area contributed by atoms with Crippen LogP contribution in [0.3, 0.4) is 0 Å². The van der Waals surface area contributed by atoms with Gasteiger partial charge in [0.1, 0.15) is 5.75 Å². The van der Waals surface area contributed by atoms with Crippen LogP contribution < -0.4 is 9.64 Å². The van der Waals surface area contributed by atoms with Crippen LogP contribution in [-0.2, 0) is 9.59 Å².